The second kappa shape index (κ2) is 8.17. The monoisotopic (exact) mass is 294 g/mol. The quantitative estimate of drug-likeness (QED) is 0.821. The molecule has 0 aromatic heterocycles. The van der Waals surface area contributed by atoms with Crippen LogP contribution in [0.3, 0.4) is 0 Å². The van der Waals surface area contributed by atoms with Gasteiger partial charge in [-0.2, -0.15) is 11.8 Å². The van der Waals surface area contributed by atoms with Crippen molar-refractivity contribution in [3.63, 3.8) is 0 Å². The Hall–Kier alpha value is -1.20. The van der Waals surface area contributed by atoms with Crippen LogP contribution in [0.15, 0.2) is 24.3 Å². The van der Waals surface area contributed by atoms with Crippen LogP contribution in [0.4, 0.5) is 10.5 Å². The molecule has 2 amide bonds. The number of ether oxygens (including phenoxy) is 1. The highest BCUT2D eigenvalue weighted by Crippen LogP contribution is 2.21. The lowest BCUT2D eigenvalue weighted by molar-refractivity contribution is 0.100. The largest absolute Gasteiger partial charge is 0.381 e. The highest BCUT2D eigenvalue weighted by molar-refractivity contribution is 7.99. The molecule has 0 atom stereocenters. The van der Waals surface area contributed by atoms with Gasteiger partial charge in [0.1, 0.15) is 0 Å². The molecular weight excluding hydrogens is 272 g/mol. The minimum Gasteiger partial charge on any atom is -0.381 e. The Kier molecular flexibility index (Phi) is 6.21. The lowest BCUT2D eigenvalue weighted by atomic mass is 10.2. The topological polar surface area (TPSA) is 50.4 Å². The third-order valence-corrected chi connectivity index (χ3v) is 4.57. The predicted molar refractivity (Wildman–Crippen MR) is 84.5 cm³/mol. The first-order valence-corrected chi connectivity index (χ1v) is 8.10. The Balaban J connectivity index is 1.60. The summed E-state index contributed by atoms with van der Waals surface area (Å²) in [6.07, 6.45) is 2.25. The summed E-state index contributed by atoms with van der Waals surface area (Å²) in [6.45, 7) is 4.45. The first-order chi connectivity index (χ1) is 9.74. The van der Waals surface area contributed by atoms with Crippen LogP contribution >= 0.6 is 11.8 Å². The second-order valence-corrected chi connectivity index (χ2v) is 6.34. The van der Waals surface area contributed by atoms with Crippen LogP contribution in [0.1, 0.15) is 18.4 Å². The standard InChI is InChI=1S/C15H22N2O2S/c1-12-3-2-4-13(11-12)17-15(18)16-7-10-20-14-5-8-19-9-6-14/h2-4,11,14H,5-10H2,1H3,(H2,16,17,18). The Morgan fingerprint density at radius 1 is 1.40 bits per heavy atom. The van der Waals surface area contributed by atoms with Crippen LogP contribution in [0.5, 0.6) is 0 Å². The number of aryl methyl sites for hydroxylation is 1. The van der Waals surface area contributed by atoms with Gasteiger partial charge in [-0.25, -0.2) is 4.79 Å². The highest BCUT2D eigenvalue weighted by Gasteiger charge is 2.13. The first-order valence-electron chi connectivity index (χ1n) is 7.05. The number of nitrogens with one attached hydrogen (secondary N) is 2. The molecule has 1 aliphatic heterocycles. The van der Waals surface area contributed by atoms with Crippen molar-refractivity contribution >= 4 is 23.5 Å². The molecule has 1 aromatic rings. The van der Waals surface area contributed by atoms with E-state index in [2.05, 4.69) is 10.6 Å². The molecule has 0 aliphatic carbocycles. The SMILES string of the molecule is Cc1cccc(NC(=O)NCCSC2CCOCC2)c1. The fraction of sp³-hybridized carbons (Fsp3) is 0.533. The number of urea groups is 1. The molecule has 1 aromatic carbocycles. The van der Waals surface area contributed by atoms with Gasteiger partial charge in [0.2, 0.25) is 0 Å². The number of hydrogen-bond donors (Lipinski definition) is 2. The van der Waals surface area contributed by atoms with E-state index >= 15 is 0 Å². The van der Waals surface area contributed by atoms with E-state index in [-0.39, 0.29) is 6.03 Å². The maximum absolute atomic E-state index is 11.7. The van der Waals surface area contributed by atoms with E-state index in [0.717, 1.165) is 43.1 Å². The van der Waals surface area contributed by atoms with Gasteiger partial charge in [0, 0.05) is 36.4 Å². The summed E-state index contributed by atoms with van der Waals surface area (Å²) in [5.41, 5.74) is 1.97. The fourth-order valence-electron chi connectivity index (χ4n) is 2.13. The van der Waals surface area contributed by atoms with Crippen LogP contribution in [0.25, 0.3) is 0 Å². The van der Waals surface area contributed by atoms with E-state index in [0.29, 0.717) is 11.8 Å². The van der Waals surface area contributed by atoms with Gasteiger partial charge in [0.05, 0.1) is 0 Å². The summed E-state index contributed by atoms with van der Waals surface area (Å²) in [7, 11) is 0. The molecule has 4 nitrogen and oxygen atoms in total. The maximum Gasteiger partial charge on any atom is 0.319 e. The molecule has 1 fully saturated rings. The molecule has 1 saturated heterocycles. The molecule has 0 unspecified atom stereocenters. The van der Waals surface area contributed by atoms with Gasteiger partial charge >= 0.3 is 6.03 Å². The van der Waals surface area contributed by atoms with E-state index in [1.807, 2.05) is 43.0 Å². The minimum atomic E-state index is -0.136. The van der Waals surface area contributed by atoms with Gasteiger partial charge in [-0.1, -0.05) is 12.1 Å². The summed E-state index contributed by atoms with van der Waals surface area (Å²) in [5, 5.41) is 6.42. The Labute approximate surface area is 124 Å². The number of rotatable bonds is 5. The zero-order chi connectivity index (χ0) is 14.2. The number of hydrogen-bond acceptors (Lipinski definition) is 3. The van der Waals surface area contributed by atoms with Crippen LogP contribution in [-0.4, -0.2) is 36.8 Å². The number of amides is 2. The molecule has 1 aliphatic rings. The van der Waals surface area contributed by atoms with Gasteiger partial charge in [-0.3, -0.25) is 0 Å². The number of anilines is 1. The third-order valence-electron chi connectivity index (χ3n) is 3.19. The molecule has 0 bridgehead atoms. The summed E-state index contributed by atoms with van der Waals surface area (Å²) >= 11 is 1.93. The Bertz CT molecular complexity index is 434. The second-order valence-electron chi connectivity index (χ2n) is 4.93. The van der Waals surface area contributed by atoms with Crippen molar-refractivity contribution in [2.45, 2.75) is 25.0 Å². The van der Waals surface area contributed by atoms with Crippen molar-refractivity contribution in [3.05, 3.63) is 29.8 Å². The number of benzene rings is 1. The predicted octanol–water partition coefficient (Wildman–Crippen LogP) is 3.03. The molecule has 2 N–H and O–H groups in total. The van der Waals surface area contributed by atoms with Gasteiger partial charge < -0.3 is 15.4 Å². The fourth-order valence-corrected chi connectivity index (χ4v) is 3.21. The molecule has 0 radical (unpaired) electrons. The molecule has 2 rings (SSSR count). The van der Waals surface area contributed by atoms with E-state index in [1.54, 1.807) is 0 Å². The Morgan fingerprint density at radius 2 is 2.20 bits per heavy atom. The number of carbonyl (C=O) groups is 1. The van der Waals surface area contributed by atoms with E-state index in [1.165, 1.54) is 0 Å². The maximum atomic E-state index is 11.7. The van der Waals surface area contributed by atoms with Crippen molar-refractivity contribution in [3.8, 4) is 0 Å². The zero-order valence-electron chi connectivity index (χ0n) is 11.9. The van der Waals surface area contributed by atoms with Gasteiger partial charge in [-0.05, 0) is 37.5 Å². The molecule has 1 heterocycles. The van der Waals surface area contributed by atoms with Crippen LogP contribution < -0.4 is 10.6 Å². The lowest BCUT2D eigenvalue weighted by Crippen LogP contribution is -2.31. The smallest absolute Gasteiger partial charge is 0.319 e. The Morgan fingerprint density at radius 3 is 2.95 bits per heavy atom. The van der Waals surface area contributed by atoms with Crippen molar-refractivity contribution in [2.75, 3.05) is 30.8 Å². The minimum absolute atomic E-state index is 0.136. The molecule has 20 heavy (non-hydrogen) atoms. The molecule has 0 spiro atoms. The molecule has 110 valence electrons. The average molecular weight is 294 g/mol. The first kappa shape index (κ1) is 15.2. The number of thioether (sulfide) groups is 1. The third kappa shape index (κ3) is 5.43. The lowest BCUT2D eigenvalue weighted by Gasteiger charge is -2.21. The summed E-state index contributed by atoms with van der Waals surface area (Å²) in [5.74, 6) is 0.950. The molecule has 0 saturated carbocycles. The van der Waals surface area contributed by atoms with E-state index < -0.39 is 0 Å². The molecule has 5 heteroatoms. The van der Waals surface area contributed by atoms with E-state index in [9.17, 15) is 4.79 Å². The summed E-state index contributed by atoms with van der Waals surface area (Å²) in [4.78, 5) is 11.7. The highest BCUT2D eigenvalue weighted by atomic mass is 32.2. The van der Waals surface area contributed by atoms with Crippen molar-refractivity contribution in [1.82, 2.24) is 5.32 Å². The zero-order valence-corrected chi connectivity index (χ0v) is 12.7. The van der Waals surface area contributed by atoms with Crippen molar-refractivity contribution in [2.24, 2.45) is 0 Å². The normalized spacial score (nSPS) is 15.8. The van der Waals surface area contributed by atoms with Crippen LogP contribution in [-0.2, 0) is 4.74 Å². The van der Waals surface area contributed by atoms with Crippen molar-refractivity contribution < 1.29 is 9.53 Å². The molecular formula is C15H22N2O2S. The summed E-state index contributed by atoms with van der Waals surface area (Å²) < 4.78 is 5.33. The van der Waals surface area contributed by atoms with Gasteiger partial charge in [0.25, 0.3) is 0 Å². The van der Waals surface area contributed by atoms with E-state index in [4.69, 9.17) is 4.74 Å². The summed E-state index contributed by atoms with van der Waals surface area (Å²) in [6, 6.07) is 7.65. The van der Waals surface area contributed by atoms with Gasteiger partial charge in [-0.15, -0.1) is 0 Å². The van der Waals surface area contributed by atoms with Crippen molar-refractivity contribution in [1.29, 1.82) is 0 Å². The van der Waals surface area contributed by atoms with Gasteiger partial charge in [0.15, 0.2) is 0 Å². The average Bonchev–Trinajstić information content (AvgIpc) is 2.45. The number of carbonyl (C=O) groups excluding carboxylic acids is 1. The van der Waals surface area contributed by atoms with Crippen LogP contribution in [0.2, 0.25) is 0 Å². The van der Waals surface area contributed by atoms with Crippen LogP contribution in [0, 0.1) is 6.92 Å².